The summed E-state index contributed by atoms with van der Waals surface area (Å²) in [6, 6.07) is 3.24. The number of rotatable bonds is 4. The third-order valence-electron chi connectivity index (χ3n) is 6.37. The van der Waals surface area contributed by atoms with E-state index in [1.807, 2.05) is 0 Å². The van der Waals surface area contributed by atoms with Gasteiger partial charge < -0.3 is 16.0 Å². The first-order chi connectivity index (χ1) is 16.5. The minimum Gasteiger partial charge on any atom is -0.399 e. The van der Waals surface area contributed by atoms with Crippen molar-refractivity contribution in [3.8, 4) is 0 Å². The van der Waals surface area contributed by atoms with Crippen LogP contribution in [0.15, 0.2) is 29.3 Å². The number of alkyl halides is 3. The number of nitrogen functional groups attached to an aromatic ring is 1. The lowest BCUT2D eigenvalue weighted by molar-refractivity contribution is -0.141. The van der Waals surface area contributed by atoms with Gasteiger partial charge in [-0.15, -0.1) is 0 Å². The lowest BCUT2D eigenvalue weighted by Gasteiger charge is -2.31. The molecule has 0 saturated carbocycles. The zero-order valence-corrected chi connectivity index (χ0v) is 19.6. The van der Waals surface area contributed by atoms with Gasteiger partial charge in [0.1, 0.15) is 23.5 Å². The van der Waals surface area contributed by atoms with Crippen molar-refractivity contribution in [2.24, 2.45) is 7.05 Å². The average molecular weight is 490 g/mol. The Morgan fingerprint density at radius 1 is 1.20 bits per heavy atom. The largest absolute Gasteiger partial charge is 0.433 e. The van der Waals surface area contributed by atoms with Crippen molar-refractivity contribution in [1.29, 1.82) is 0 Å². The van der Waals surface area contributed by atoms with E-state index in [1.54, 1.807) is 24.9 Å². The number of hydrogen-bond acceptors (Lipinski definition) is 7. The molecule has 1 aliphatic heterocycles. The van der Waals surface area contributed by atoms with Gasteiger partial charge in [0, 0.05) is 38.3 Å². The van der Waals surface area contributed by atoms with Gasteiger partial charge >= 0.3 is 6.18 Å². The molecule has 4 heterocycles. The fraction of sp³-hybridized carbons (Fsp3) is 0.435. The summed E-state index contributed by atoms with van der Waals surface area (Å²) in [6.45, 7) is 4.31. The van der Waals surface area contributed by atoms with Crippen LogP contribution in [-0.2, 0) is 18.0 Å². The van der Waals surface area contributed by atoms with Crippen LogP contribution >= 0.6 is 0 Å². The van der Waals surface area contributed by atoms with E-state index in [0.717, 1.165) is 6.07 Å². The Morgan fingerprint density at radius 2 is 1.89 bits per heavy atom. The summed E-state index contributed by atoms with van der Waals surface area (Å²) in [4.78, 5) is 38.8. The number of fused-ring (bicyclic) bond motifs is 1. The van der Waals surface area contributed by atoms with Crippen LogP contribution in [0.3, 0.4) is 0 Å². The van der Waals surface area contributed by atoms with Crippen LogP contribution in [0.4, 0.5) is 24.7 Å². The van der Waals surface area contributed by atoms with E-state index >= 15 is 0 Å². The molecule has 0 unspecified atom stereocenters. The summed E-state index contributed by atoms with van der Waals surface area (Å²) < 4.78 is 41.1. The summed E-state index contributed by atoms with van der Waals surface area (Å²) >= 11 is 0. The average Bonchev–Trinajstić information content (AvgIpc) is 2.80. The normalized spacial score (nSPS) is 15.9. The van der Waals surface area contributed by atoms with E-state index in [4.69, 9.17) is 5.73 Å². The molecule has 0 aromatic carbocycles. The summed E-state index contributed by atoms with van der Waals surface area (Å²) in [5.41, 5.74) is 5.47. The number of carbonyl (C=O) groups excluding carboxylic acids is 1. The molecule has 0 spiro atoms. The number of likely N-dealkylation sites (tertiary alicyclic amines) is 1. The molecule has 3 aromatic heterocycles. The number of piperidine rings is 1. The maximum absolute atomic E-state index is 13.2. The molecule has 1 atom stereocenters. The number of carbonyl (C=O) groups is 1. The molecule has 4 rings (SSSR count). The van der Waals surface area contributed by atoms with Crippen LogP contribution in [0.1, 0.15) is 55.6 Å². The van der Waals surface area contributed by atoms with Gasteiger partial charge in [-0.1, -0.05) is 0 Å². The zero-order valence-electron chi connectivity index (χ0n) is 19.6. The van der Waals surface area contributed by atoms with E-state index in [1.165, 1.54) is 23.9 Å². The zero-order chi connectivity index (χ0) is 25.5. The summed E-state index contributed by atoms with van der Waals surface area (Å²) in [5, 5.41) is 3.66. The highest BCUT2D eigenvalue weighted by atomic mass is 19.4. The number of nitrogens with zero attached hydrogens (tertiary/aromatic N) is 5. The fourth-order valence-corrected chi connectivity index (χ4v) is 4.43. The number of pyridine rings is 2. The van der Waals surface area contributed by atoms with E-state index in [2.05, 4.69) is 20.3 Å². The number of halogens is 3. The topological polar surface area (TPSA) is 119 Å². The predicted octanol–water partition coefficient (Wildman–Crippen LogP) is 3.22. The molecule has 0 bridgehead atoms. The molecule has 1 saturated heterocycles. The van der Waals surface area contributed by atoms with E-state index in [0.29, 0.717) is 48.3 Å². The van der Waals surface area contributed by atoms with Crippen molar-refractivity contribution >= 4 is 28.4 Å². The summed E-state index contributed by atoms with van der Waals surface area (Å²) in [6.07, 6.45) is -2.03. The number of anilines is 2. The Hall–Kier alpha value is -3.70. The van der Waals surface area contributed by atoms with Crippen LogP contribution in [0, 0.1) is 0 Å². The molecule has 1 fully saturated rings. The lowest BCUT2D eigenvalue weighted by atomic mass is 9.89. The van der Waals surface area contributed by atoms with Gasteiger partial charge in [-0.3, -0.25) is 14.2 Å². The first-order valence-electron chi connectivity index (χ1n) is 11.2. The molecule has 0 aliphatic carbocycles. The number of aromatic nitrogens is 4. The SMILES string of the molecule is CC(=O)N1CCC(c2cc3c(N[C@H](C)c4cc(N)cc(C(F)(F)F)n4)ncnc3n(C)c2=O)CC1. The Balaban J connectivity index is 1.70. The number of hydrogen-bond donors (Lipinski definition) is 2. The first kappa shape index (κ1) is 24.4. The van der Waals surface area contributed by atoms with Gasteiger partial charge in [0.05, 0.1) is 17.1 Å². The Kier molecular flexibility index (Phi) is 6.39. The molecule has 35 heavy (non-hydrogen) atoms. The van der Waals surface area contributed by atoms with Crippen LogP contribution < -0.4 is 16.6 Å². The van der Waals surface area contributed by atoms with Crippen LogP contribution in [0.5, 0.6) is 0 Å². The standard InChI is InChI=1S/C23H26F3N7O2/c1-12(18-8-15(27)9-19(31-18)23(24,25)26)30-20-17-10-16(14-4-6-33(7-5-14)13(2)34)22(35)32(3)21(17)29-11-28-20/h8-12,14H,4-7H2,1-3H3,(H2,27,31)(H,28,29,30)/t12-/m1/s1. The number of amides is 1. The predicted molar refractivity (Wildman–Crippen MR) is 125 cm³/mol. The molecule has 0 radical (unpaired) electrons. The number of nitrogens with one attached hydrogen (secondary N) is 1. The number of aryl methyl sites for hydroxylation is 1. The minimum atomic E-state index is -4.63. The Bertz CT molecular complexity index is 1330. The third-order valence-corrected chi connectivity index (χ3v) is 6.37. The first-order valence-corrected chi connectivity index (χ1v) is 11.2. The fourth-order valence-electron chi connectivity index (χ4n) is 4.43. The van der Waals surface area contributed by atoms with Crippen molar-refractivity contribution in [3.05, 3.63) is 51.8 Å². The smallest absolute Gasteiger partial charge is 0.399 e. The molecule has 1 amide bonds. The van der Waals surface area contributed by atoms with Gasteiger partial charge in [-0.05, 0) is 43.9 Å². The highest BCUT2D eigenvalue weighted by Crippen LogP contribution is 2.32. The molecule has 3 aromatic rings. The van der Waals surface area contributed by atoms with Crippen molar-refractivity contribution in [3.63, 3.8) is 0 Å². The van der Waals surface area contributed by atoms with Crippen molar-refractivity contribution in [2.45, 2.75) is 44.8 Å². The number of nitrogens with two attached hydrogens (primary N) is 1. The lowest BCUT2D eigenvalue weighted by Crippen LogP contribution is -2.38. The van der Waals surface area contributed by atoms with Gasteiger partial charge in [0.2, 0.25) is 5.91 Å². The second-order valence-electron chi connectivity index (χ2n) is 8.78. The summed E-state index contributed by atoms with van der Waals surface area (Å²) in [7, 11) is 1.62. The quantitative estimate of drug-likeness (QED) is 0.578. The molecule has 3 N–H and O–H groups in total. The van der Waals surface area contributed by atoms with E-state index < -0.39 is 17.9 Å². The second kappa shape index (κ2) is 9.16. The Morgan fingerprint density at radius 3 is 2.51 bits per heavy atom. The highest BCUT2D eigenvalue weighted by Gasteiger charge is 2.33. The van der Waals surface area contributed by atoms with Gasteiger partial charge in [0.15, 0.2) is 0 Å². The van der Waals surface area contributed by atoms with Gasteiger partial charge in [-0.25, -0.2) is 15.0 Å². The molecule has 12 heteroatoms. The molecular weight excluding hydrogens is 463 g/mol. The maximum atomic E-state index is 13.2. The summed E-state index contributed by atoms with van der Waals surface area (Å²) in [5.74, 6) is 0.329. The van der Waals surface area contributed by atoms with Gasteiger partial charge in [0.25, 0.3) is 5.56 Å². The monoisotopic (exact) mass is 489 g/mol. The Labute approximate surface area is 199 Å². The minimum absolute atomic E-state index is 0.00702. The van der Waals surface area contributed by atoms with Crippen molar-refractivity contribution < 1.29 is 18.0 Å². The maximum Gasteiger partial charge on any atom is 0.433 e. The third kappa shape index (κ3) is 4.91. The van der Waals surface area contributed by atoms with Crippen LogP contribution in [0.25, 0.3) is 11.0 Å². The van der Waals surface area contributed by atoms with Gasteiger partial charge in [-0.2, -0.15) is 13.2 Å². The second-order valence-corrected chi connectivity index (χ2v) is 8.78. The van der Waals surface area contributed by atoms with Crippen LogP contribution in [0.2, 0.25) is 0 Å². The van der Waals surface area contributed by atoms with E-state index in [-0.39, 0.29) is 28.8 Å². The molecule has 186 valence electrons. The molecule has 9 nitrogen and oxygen atoms in total. The van der Waals surface area contributed by atoms with Crippen LogP contribution in [-0.4, -0.2) is 43.4 Å². The van der Waals surface area contributed by atoms with Crippen molar-refractivity contribution in [1.82, 2.24) is 24.4 Å². The molecular formula is C23H26F3N7O2. The molecule has 1 aliphatic rings. The highest BCUT2D eigenvalue weighted by molar-refractivity contribution is 5.87. The van der Waals surface area contributed by atoms with E-state index in [9.17, 15) is 22.8 Å². The van der Waals surface area contributed by atoms with Crippen molar-refractivity contribution in [2.75, 3.05) is 24.1 Å².